The number of anilines is 2. The van der Waals surface area contributed by atoms with E-state index in [9.17, 15) is 10.1 Å². The molecule has 0 aliphatic rings. The smallest absolute Gasteiger partial charge is 0.290 e. The molecule has 7 nitrogen and oxygen atoms in total. The zero-order valence-corrected chi connectivity index (χ0v) is 11.9. The van der Waals surface area contributed by atoms with Crippen molar-refractivity contribution in [3.05, 3.63) is 27.3 Å². The van der Waals surface area contributed by atoms with Gasteiger partial charge >= 0.3 is 0 Å². The fourth-order valence-corrected chi connectivity index (χ4v) is 2.01. The van der Waals surface area contributed by atoms with Crippen molar-refractivity contribution in [1.29, 1.82) is 0 Å². The number of rotatable bonds is 5. The summed E-state index contributed by atoms with van der Waals surface area (Å²) in [7, 11) is 0. The molecule has 2 aromatic rings. The molecular weight excluding hydrogens is 282 g/mol. The third-order valence-corrected chi connectivity index (χ3v) is 2.92. The average Bonchev–Trinajstić information content (AvgIpc) is 2.39. The molecule has 2 N–H and O–H groups in total. The normalized spacial score (nSPS) is 10.6. The number of halogens is 1. The summed E-state index contributed by atoms with van der Waals surface area (Å²) in [6, 6.07) is 2.79. The van der Waals surface area contributed by atoms with E-state index in [1.807, 2.05) is 13.8 Å². The zero-order valence-electron chi connectivity index (χ0n) is 11.1. The van der Waals surface area contributed by atoms with Gasteiger partial charge in [0.2, 0.25) is 0 Å². The third-order valence-electron chi connectivity index (χ3n) is 2.62. The van der Waals surface area contributed by atoms with Gasteiger partial charge in [-0.1, -0.05) is 11.6 Å². The first kappa shape index (κ1) is 14.3. The van der Waals surface area contributed by atoms with Gasteiger partial charge < -0.3 is 10.6 Å². The Morgan fingerprint density at radius 1 is 1.15 bits per heavy atom. The number of fused-ring (bicyclic) bond motifs is 1. The molecule has 1 heterocycles. The minimum atomic E-state index is -0.533. The molecule has 0 saturated carbocycles. The van der Waals surface area contributed by atoms with Gasteiger partial charge in [-0.15, -0.1) is 0 Å². The molecular formula is C12H14ClN5O2. The number of hydrogen-bond acceptors (Lipinski definition) is 6. The highest BCUT2D eigenvalue weighted by molar-refractivity contribution is 6.33. The van der Waals surface area contributed by atoms with Crippen molar-refractivity contribution in [2.24, 2.45) is 0 Å². The number of hydrogen-bond donors (Lipinski definition) is 2. The Morgan fingerprint density at radius 2 is 1.65 bits per heavy atom. The largest absolute Gasteiger partial charge is 0.367 e. The summed E-state index contributed by atoms with van der Waals surface area (Å²) in [6.45, 7) is 5.25. The van der Waals surface area contributed by atoms with Crippen LogP contribution in [-0.4, -0.2) is 28.0 Å². The Morgan fingerprint density at radius 3 is 2.10 bits per heavy atom. The Hall–Kier alpha value is -2.15. The van der Waals surface area contributed by atoms with Crippen LogP contribution in [0.4, 0.5) is 17.3 Å². The lowest BCUT2D eigenvalue weighted by Crippen LogP contribution is -2.08. The Bertz CT molecular complexity index is 662. The minimum Gasteiger partial charge on any atom is -0.367 e. The van der Waals surface area contributed by atoms with E-state index >= 15 is 0 Å². The molecule has 0 aliphatic heterocycles. The molecule has 0 unspecified atom stereocenters. The highest BCUT2D eigenvalue weighted by atomic mass is 35.5. The maximum atomic E-state index is 10.9. The number of aromatic nitrogens is 2. The van der Waals surface area contributed by atoms with E-state index in [0.717, 1.165) is 0 Å². The summed E-state index contributed by atoms with van der Waals surface area (Å²) in [5.74, 6) is 1.17. The van der Waals surface area contributed by atoms with Crippen LogP contribution in [0, 0.1) is 10.1 Å². The molecule has 0 atom stereocenters. The van der Waals surface area contributed by atoms with Crippen LogP contribution in [0.1, 0.15) is 13.8 Å². The lowest BCUT2D eigenvalue weighted by atomic mass is 10.2. The van der Waals surface area contributed by atoms with Gasteiger partial charge in [0.1, 0.15) is 5.02 Å². The molecule has 8 heteroatoms. The highest BCUT2D eigenvalue weighted by Gasteiger charge is 2.16. The van der Waals surface area contributed by atoms with Gasteiger partial charge in [-0.05, 0) is 19.9 Å². The van der Waals surface area contributed by atoms with Gasteiger partial charge in [0.25, 0.3) is 5.69 Å². The van der Waals surface area contributed by atoms with Crippen LogP contribution in [-0.2, 0) is 0 Å². The van der Waals surface area contributed by atoms with Crippen molar-refractivity contribution >= 4 is 40.0 Å². The van der Waals surface area contributed by atoms with E-state index in [-0.39, 0.29) is 10.7 Å². The quantitative estimate of drug-likeness (QED) is 0.650. The first-order valence-corrected chi connectivity index (χ1v) is 6.58. The van der Waals surface area contributed by atoms with Crippen molar-refractivity contribution in [2.45, 2.75) is 13.8 Å². The number of nitrogens with one attached hydrogen (secondary N) is 2. The second kappa shape index (κ2) is 5.87. The fourth-order valence-electron chi connectivity index (χ4n) is 1.79. The van der Waals surface area contributed by atoms with Crippen LogP contribution in [0.2, 0.25) is 5.02 Å². The summed E-state index contributed by atoms with van der Waals surface area (Å²) < 4.78 is 0. The average molecular weight is 296 g/mol. The van der Waals surface area contributed by atoms with Crippen molar-refractivity contribution in [3.63, 3.8) is 0 Å². The molecule has 0 fully saturated rings. The summed E-state index contributed by atoms with van der Waals surface area (Å²) in [5.41, 5.74) is 0.768. The molecule has 0 amide bonds. The zero-order chi connectivity index (χ0) is 14.7. The van der Waals surface area contributed by atoms with Gasteiger partial charge in [0.05, 0.1) is 16.0 Å². The molecule has 0 bridgehead atoms. The van der Waals surface area contributed by atoms with Gasteiger partial charge in [-0.2, -0.15) is 0 Å². The van der Waals surface area contributed by atoms with Crippen molar-refractivity contribution in [2.75, 3.05) is 23.7 Å². The van der Waals surface area contributed by atoms with Gasteiger partial charge in [0.15, 0.2) is 11.6 Å². The summed E-state index contributed by atoms with van der Waals surface area (Å²) in [5, 5.41) is 17.1. The summed E-state index contributed by atoms with van der Waals surface area (Å²) >= 11 is 5.88. The molecule has 20 heavy (non-hydrogen) atoms. The molecule has 1 aromatic heterocycles. The first-order chi connectivity index (χ1) is 9.56. The number of nitrogens with zero attached hydrogens (tertiary/aromatic N) is 3. The van der Waals surface area contributed by atoms with Crippen LogP contribution in [0.5, 0.6) is 0 Å². The maximum absolute atomic E-state index is 10.9. The van der Waals surface area contributed by atoms with Crippen molar-refractivity contribution in [3.8, 4) is 0 Å². The predicted molar refractivity (Wildman–Crippen MR) is 79.5 cm³/mol. The molecule has 2 rings (SSSR count). The molecule has 1 aromatic carbocycles. The summed E-state index contributed by atoms with van der Waals surface area (Å²) in [4.78, 5) is 19.1. The van der Waals surface area contributed by atoms with Gasteiger partial charge in [0, 0.05) is 19.2 Å². The minimum absolute atomic E-state index is 0.0513. The maximum Gasteiger partial charge on any atom is 0.290 e. The van der Waals surface area contributed by atoms with Crippen LogP contribution < -0.4 is 10.6 Å². The van der Waals surface area contributed by atoms with E-state index in [1.165, 1.54) is 12.1 Å². The number of nitro benzene ring substituents is 1. The number of benzene rings is 1. The topological polar surface area (TPSA) is 93.0 Å². The second-order valence-corrected chi connectivity index (χ2v) is 4.44. The van der Waals surface area contributed by atoms with E-state index < -0.39 is 4.92 Å². The van der Waals surface area contributed by atoms with Crippen LogP contribution >= 0.6 is 11.6 Å². The lowest BCUT2D eigenvalue weighted by Gasteiger charge is -2.11. The number of nitro groups is 1. The molecule has 0 saturated heterocycles. The first-order valence-electron chi connectivity index (χ1n) is 6.20. The standard InChI is InChI=1S/C12H14ClN5O2/c1-3-14-11-12(15-4-2)17-9-6-10(18(19)20)7(13)5-8(9)16-11/h5-6H,3-4H2,1-2H3,(H,14,16)(H,15,17). The van der Waals surface area contributed by atoms with E-state index in [1.54, 1.807) is 0 Å². The van der Waals surface area contributed by atoms with Crippen molar-refractivity contribution in [1.82, 2.24) is 9.97 Å². The Labute approximate surface area is 120 Å². The van der Waals surface area contributed by atoms with Gasteiger partial charge in [-0.25, -0.2) is 9.97 Å². The highest BCUT2D eigenvalue weighted by Crippen LogP contribution is 2.30. The van der Waals surface area contributed by atoms with E-state index in [4.69, 9.17) is 11.6 Å². The van der Waals surface area contributed by atoms with Gasteiger partial charge in [-0.3, -0.25) is 10.1 Å². The van der Waals surface area contributed by atoms with Crippen LogP contribution in [0.15, 0.2) is 12.1 Å². The SMILES string of the molecule is CCNc1nc2cc(Cl)c([N+](=O)[O-])cc2nc1NCC. The molecule has 0 aliphatic carbocycles. The lowest BCUT2D eigenvalue weighted by molar-refractivity contribution is -0.384. The Balaban J connectivity index is 2.63. The van der Waals surface area contributed by atoms with Crippen LogP contribution in [0.25, 0.3) is 11.0 Å². The van der Waals surface area contributed by atoms with E-state index in [2.05, 4.69) is 20.6 Å². The van der Waals surface area contributed by atoms with E-state index in [0.29, 0.717) is 35.8 Å². The fraction of sp³-hybridized carbons (Fsp3) is 0.333. The monoisotopic (exact) mass is 295 g/mol. The molecule has 0 radical (unpaired) electrons. The third kappa shape index (κ3) is 2.72. The van der Waals surface area contributed by atoms with Crippen molar-refractivity contribution < 1.29 is 4.92 Å². The Kier molecular flexibility index (Phi) is 4.19. The molecule has 106 valence electrons. The molecule has 0 spiro atoms. The van der Waals surface area contributed by atoms with Crippen LogP contribution in [0.3, 0.4) is 0 Å². The predicted octanol–water partition coefficient (Wildman–Crippen LogP) is 3.06. The summed E-state index contributed by atoms with van der Waals surface area (Å²) in [6.07, 6.45) is 0. The second-order valence-electron chi connectivity index (χ2n) is 4.03.